The number of aliphatic carboxylic acids is 1. The Bertz CT molecular complexity index is 1060. The molecule has 2 amide bonds. The van der Waals surface area contributed by atoms with Gasteiger partial charge in [-0.05, 0) is 41.5 Å². The Labute approximate surface area is 192 Å². The van der Waals surface area contributed by atoms with Crippen molar-refractivity contribution in [3.8, 4) is 11.1 Å². The minimum atomic E-state index is -0.847. The Morgan fingerprint density at radius 3 is 2.21 bits per heavy atom. The third kappa shape index (κ3) is 3.75. The summed E-state index contributed by atoms with van der Waals surface area (Å²) in [4.78, 5) is 38.9. The predicted octanol–water partition coefficient (Wildman–Crippen LogP) is 3.63. The van der Waals surface area contributed by atoms with Crippen LogP contribution in [0.4, 0.5) is 4.79 Å². The van der Waals surface area contributed by atoms with Gasteiger partial charge in [-0.25, -0.2) is 4.79 Å². The summed E-state index contributed by atoms with van der Waals surface area (Å²) >= 11 is 0. The fourth-order valence-corrected chi connectivity index (χ4v) is 5.49. The molecule has 2 atom stereocenters. The molecule has 7 nitrogen and oxygen atoms in total. The normalized spacial score (nSPS) is 20.8. The molecule has 0 radical (unpaired) electrons. The van der Waals surface area contributed by atoms with Crippen molar-refractivity contribution in [2.24, 2.45) is 11.3 Å². The van der Waals surface area contributed by atoms with Gasteiger partial charge < -0.3 is 20.1 Å². The first-order chi connectivity index (χ1) is 15.9. The maximum atomic E-state index is 13.0. The van der Waals surface area contributed by atoms with Crippen molar-refractivity contribution >= 4 is 18.0 Å². The van der Waals surface area contributed by atoms with Crippen LogP contribution >= 0.6 is 0 Å². The lowest BCUT2D eigenvalue weighted by molar-refractivity contribution is -0.143. The molecule has 1 saturated carbocycles. The van der Waals surface area contributed by atoms with Crippen molar-refractivity contribution in [2.75, 3.05) is 19.7 Å². The monoisotopic (exact) mass is 448 g/mol. The van der Waals surface area contributed by atoms with Gasteiger partial charge in [0.05, 0.1) is 5.92 Å². The second-order valence-corrected chi connectivity index (χ2v) is 9.40. The van der Waals surface area contributed by atoms with Gasteiger partial charge in [-0.2, -0.15) is 0 Å². The lowest BCUT2D eigenvalue weighted by Gasteiger charge is -2.24. The maximum Gasteiger partial charge on any atom is 0.407 e. The number of carboxylic acid groups (broad SMARTS) is 1. The van der Waals surface area contributed by atoms with Gasteiger partial charge in [0.25, 0.3) is 0 Å². The first-order valence-electron chi connectivity index (χ1n) is 11.6. The number of alkyl carbamates (subject to hydrolysis) is 1. The van der Waals surface area contributed by atoms with Crippen LogP contribution in [0.15, 0.2) is 48.5 Å². The van der Waals surface area contributed by atoms with Crippen LogP contribution in [0.5, 0.6) is 0 Å². The number of hydrogen-bond donors (Lipinski definition) is 2. The summed E-state index contributed by atoms with van der Waals surface area (Å²) in [5.41, 5.74) is 4.28. The number of ether oxygens (including phenoxy) is 1. The molecule has 2 fully saturated rings. The average Bonchev–Trinajstić information content (AvgIpc) is 3.37. The van der Waals surface area contributed by atoms with Crippen LogP contribution in [0, 0.1) is 11.3 Å². The van der Waals surface area contributed by atoms with E-state index in [1.807, 2.05) is 31.2 Å². The molecule has 33 heavy (non-hydrogen) atoms. The zero-order chi connectivity index (χ0) is 23.2. The highest BCUT2D eigenvalue weighted by Gasteiger charge is 2.59. The number of hydrogen-bond acceptors (Lipinski definition) is 4. The van der Waals surface area contributed by atoms with E-state index in [2.05, 4.69) is 29.6 Å². The number of likely N-dealkylation sites (tertiary alicyclic amines) is 1. The van der Waals surface area contributed by atoms with Gasteiger partial charge in [0.2, 0.25) is 5.91 Å². The lowest BCUT2D eigenvalue weighted by Crippen LogP contribution is -2.48. The predicted molar refractivity (Wildman–Crippen MR) is 122 cm³/mol. The Hall–Kier alpha value is -3.35. The molecular formula is C26H28N2O5. The number of nitrogens with one attached hydrogen (secondary N) is 1. The van der Waals surface area contributed by atoms with Crippen LogP contribution in [0.25, 0.3) is 11.1 Å². The van der Waals surface area contributed by atoms with Crippen LogP contribution in [-0.2, 0) is 14.3 Å². The van der Waals surface area contributed by atoms with E-state index in [4.69, 9.17) is 4.74 Å². The fraction of sp³-hybridized carbons (Fsp3) is 0.423. The third-order valence-electron chi connectivity index (χ3n) is 7.49. The van der Waals surface area contributed by atoms with Gasteiger partial charge in [0, 0.05) is 24.4 Å². The first kappa shape index (κ1) is 21.5. The Balaban J connectivity index is 1.22. The van der Waals surface area contributed by atoms with Crippen LogP contribution in [0.2, 0.25) is 0 Å². The van der Waals surface area contributed by atoms with Crippen molar-refractivity contribution in [1.82, 2.24) is 10.2 Å². The summed E-state index contributed by atoms with van der Waals surface area (Å²) < 4.78 is 5.58. The number of rotatable bonds is 6. The van der Waals surface area contributed by atoms with E-state index in [1.165, 1.54) is 0 Å². The second-order valence-electron chi connectivity index (χ2n) is 9.40. The van der Waals surface area contributed by atoms with Crippen molar-refractivity contribution in [3.63, 3.8) is 0 Å². The highest BCUT2D eigenvalue weighted by molar-refractivity contribution is 5.87. The molecule has 1 spiro atoms. The highest BCUT2D eigenvalue weighted by Crippen LogP contribution is 2.56. The minimum absolute atomic E-state index is 0.0523. The summed E-state index contributed by atoms with van der Waals surface area (Å²) in [5, 5.41) is 12.2. The molecule has 0 aromatic heterocycles. The molecule has 5 rings (SSSR count). The number of nitrogens with zero attached hydrogens (tertiary/aromatic N) is 1. The van der Waals surface area contributed by atoms with Gasteiger partial charge in [0.1, 0.15) is 12.6 Å². The molecule has 7 heteroatoms. The Morgan fingerprint density at radius 1 is 1.09 bits per heavy atom. The average molecular weight is 449 g/mol. The summed E-state index contributed by atoms with van der Waals surface area (Å²) in [5.74, 6) is -1.65. The number of fused-ring (bicyclic) bond motifs is 3. The molecule has 172 valence electrons. The van der Waals surface area contributed by atoms with Gasteiger partial charge in [0.15, 0.2) is 0 Å². The fourth-order valence-electron chi connectivity index (χ4n) is 5.49. The topological polar surface area (TPSA) is 95.9 Å². The van der Waals surface area contributed by atoms with E-state index in [0.717, 1.165) is 35.1 Å². The van der Waals surface area contributed by atoms with Gasteiger partial charge in [-0.15, -0.1) is 0 Å². The lowest BCUT2D eigenvalue weighted by atomic mass is 9.93. The molecule has 2 aliphatic carbocycles. The molecule has 2 aromatic rings. The van der Waals surface area contributed by atoms with Crippen LogP contribution in [0.3, 0.4) is 0 Å². The molecular weight excluding hydrogens is 420 g/mol. The van der Waals surface area contributed by atoms with E-state index in [0.29, 0.717) is 13.0 Å². The largest absolute Gasteiger partial charge is 0.481 e. The van der Waals surface area contributed by atoms with Crippen LogP contribution in [-0.4, -0.2) is 53.7 Å². The number of carbonyl (C=O) groups is 3. The number of benzene rings is 2. The zero-order valence-corrected chi connectivity index (χ0v) is 18.6. The first-order valence-corrected chi connectivity index (χ1v) is 11.6. The number of carbonyl (C=O) groups excluding carboxylic acids is 2. The van der Waals surface area contributed by atoms with Crippen molar-refractivity contribution in [1.29, 1.82) is 0 Å². The Kier molecular flexibility index (Phi) is 5.35. The van der Waals surface area contributed by atoms with Gasteiger partial charge >= 0.3 is 12.1 Å². The molecule has 2 aromatic carbocycles. The van der Waals surface area contributed by atoms with Crippen LogP contribution < -0.4 is 5.32 Å². The second kappa shape index (κ2) is 8.21. The molecule has 2 unspecified atom stereocenters. The van der Waals surface area contributed by atoms with Crippen molar-refractivity contribution in [2.45, 2.75) is 38.1 Å². The number of amides is 2. The maximum absolute atomic E-state index is 13.0. The highest BCUT2D eigenvalue weighted by atomic mass is 16.5. The van der Waals surface area contributed by atoms with E-state index in [-0.39, 0.29) is 30.4 Å². The molecule has 1 heterocycles. The SMILES string of the molecule is CCC(NC(=O)OCC1c2ccccc2-c2ccccc21)C(=O)N1CC(C(=O)O)C2(CC2)C1. The summed E-state index contributed by atoms with van der Waals surface area (Å²) in [6.07, 6.45) is 1.45. The molecule has 1 saturated heterocycles. The minimum Gasteiger partial charge on any atom is -0.481 e. The molecule has 2 N–H and O–H groups in total. The zero-order valence-electron chi connectivity index (χ0n) is 18.6. The van der Waals surface area contributed by atoms with E-state index < -0.39 is 24.0 Å². The van der Waals surface area contributed by atoms with E-state index >= 15 is 0 Å². The molecule has 3 aliphatic rings. The smallest absolute Gasteiger partial charge is 0.407 e. The quantitative estimate of drug-likeness (QED) is 0.704. The molecule has 1 aliphatic heterocycles. The Morgan fingerprint density at radius 2 is 1.70 bits per heavy atom. The van der Waals surface area contributed by atoms with Gasteiger partial charge in [-0.3, -0.25) is 9.59 Å². The van der Waals surface area contributed by atoms with Gasteiger partial charge in [-0.1, -0.05) is 55.5 Å². The molecule has 0 bridgehead atoms. The van der Waals surface area contributed by atoms with Crippen LogP contribution in [0.1, 0.15) is 43.2 Å². The van der Waals surface area contributed by atoms with Crippen molar-refractivity contribution < 1.29 is 24.2 Å². The summed E-state index contributed by atoms with van der Waals surface area (Å²) in [7, 11) is 0. The van der Waals surface area contributed by atoms with E-state index in [1.54, 1.807) is 4.90 Å². The summed E-state index contributed by atoms with van der Waals surface area (Å²) in [6.45, 7) is 2.66. The van der Waals surface area contributed by atoms with Crippen molar-refractivity contribution in [3.05, 3.63) is 59.7 Å². The third-order valence-corrected chi connectivity index (χ3v) is 7.49. The van der Waals surface area contributed by atoms with E-state index in [9.17, 15) is 19.5 Å². The standard InChI is InChI=1S/C26H28N2O5/c1-2-22(23(29)28-13-21(24(30)31)26(15-28)11-12-26)27-25(32)33-14-20-18-9-5-3-7-16(18)17-8-4-6-10-19(17)20/h3-10,20-22H,2,11-15H2,1H3,(H,27,32)(H,30,31). The number of carboxylic acids is 1. The summed E-state index contributed by atoms with van der Waals surface area (Å²) in [6, 6.07) is 15.5.